The van der Waals surface area contributed by atoms with Crippen molar-refractivity contribution < 1.29 is 32.6 Å². The van der Waals surface area contributed by atoms with Crippen molar-refractivity contribution >= 4 is 28.0 Å². The highest BCUT2D eigenvalue weighted by Gasteiger charge is 2.39. The van der Waals surface area contributed by atoms with Gasteiger partial charge >= 0.3 is 6.18 Å². The number of benzene rings is 4. The Morgan fingerprint density at radius 2 is 1.37 bits per heavy atom. The second kappa shape index (κ2) is 19.6. The first-order valence-corrected chi connectivity index (χ1v) is 24.1. The molecule has 4 atom stereocenters. The molecule has 15 nitrogen and oxygen atoms in total. The monoisotopic (exact) mass is 974 g/mol. The van der Waals surface area contributed by atoms with Gasteiger partial charge in [-0.15, -0.1) is 0 Å². The number of aliphatic hydroxyl groups is 2. The fraction of sp³-hybridized carbons (Fsp3) is 0.365. The lowest BCUT2D eigenvalue weighted by molar-refractivity contribution is -0.145. The first-order chi connectivity index (χ1) is 34.2. The van der Waals surface area contributed by atoms with E-state index in [1.165, 1.54) is 33.6 Å². The number of piperidine rings is 1. The SMILES string of the molecule is CC[C@H](CC1CCN(CCc2c(-c3ccc(C(F)(F)F)cc3)[nH]n(-c3nc4ccccc4[nH]3)c2=O)C1O)[C@H](O)C(=O)N1CCC(c2[nH]n(-c3nc4ccccc4[nH]3)c(=O)c2CCc2ccc(F)cc2)CC1. The van der Waals surface area contributed by atoms with E-state index < -0.39 is 35.5 Å². The third-order valence-electron chi connectivity index (χ3n) is 14.5. The van der Waals surface area contributed by atoms with Crippen LogP contribution in [-0.4, -0.2) is 104 Å². The van der Waals surface area contributed by atoms with Crippen LogP contribution in [0.2, 0.25) is 0 Å². The molecule has 10 rings (SSSR count). The standard InChI is InChI=1S/C52H54F4N10O5/c1-2-31(29-34-23-27-63(46(34)68)28-24-38-43(32-14-16-35(17-15-32)52(54,55)56)61-66(48(38)70)51-59-41-9-5-6-10-42(41)60-51)45(67)49(71)64-25-21-33(22-26-64)44-37(20-13-30-11-18-36(53)19-12-30)47(69)65(62-44)50-57-39-7-3-4-8-40(39)58-50/h3-12,14-19,31,33-34,45-46,61-62,67-68H,2,13,20-29H2,1H3,(H,57,58)(H,59,60)/t31-,34?,45+,46?/m1/s1. The van der Waals surface area contributed by atoms with Gasteiger partial charge in [-0.05, 0) is 111 Å². The summed E-state index contributed by atoms with van der Waals surface area (Å²) >= 11 is 0. The van der Waals surface area contributed by atoms with Crippen molar-refractivity contribution in [2.75, 3.05) is 26.2 Å². The van der Waals surface area contributed by atoms with Crippen molar-refractivity contribution in [3.63, 3.8) is 0 Å². The Balaban J connectivity index is 0.795. The molecule has 2 saturated heterocycles. The van der Waals surface area contributed by atoms with E-state index in [2.05, 4.69) is 30.1 Å². The van der Waals surface area contributed by atoms with Crippen molar-refractivity contribution in [3.8, 4) is 23.2 Å². The van der Waals surface area contributed by atoms with Crippen LogP contribution in [0.3, 0.4) is 0 Å². The molecule has 0 spiro atoms. The van der Waals surface area contributed by atoms with Crippen molar-refractivity contribution in [3.05, 3.63) is 152 Å². The number of halogens is 4. The Hall–Kier alpha value is -7.09. The number of rotatable bonds is 15. The van der Waals surface area contributed by atoms with Crippen LogP contribution in [0.4, 0.5) is 17.6 Å². The highest BCUT2D eigenvalue weighted by Crippen LogP contribution is 2.35. The Bertz CT molecular complexity index is 3220. The molecule has 0 saturated carbocycles. The number of nitrogens with zero attached hydrogens (tertiary/aromatic N) is 6. The van der Waals surface area contributed by atoms with Gasteiger partial charge in [-0.3, -0.25) is 29.5 Å². The average molecular weight is 975 g/mol. The number of carbonyl (C=O) groups excluding carboxylic acids is 1. The number of nitrogens with one attached hydrogen (secondary N) is 4. The molecule has 2 aliphatic heterocycles. The first-order valence-electron chi connectivity index (χ1n) is 24.1. The number of H-pyrrole nitrogens is 4. The molecule has 6 heterocycles. The largest absolute Gasteiger partial charge is 0.416 e. The van der Waals surface area contributed by atoms with Crippen LogP contribution >= 0.6 is 0 Å². The Morgan fingerprint density at radius 3 is 1.97 bits per heavy atom. The summed E-state index contributed by atoms with van der Waals surface area (Å²) < 4.78 is 56.8. The Labute approximate surface area is 404 Å². The summed E-state index contributed by atoms with van der Waals surface area (Å²) in [7, 11) is 0. The third-order valence-corrected chi connectivity index (χ3v) is 14.5. The topological polar surface area (TPSA) is 197 Å². The number of aryl methyl sites for hydroxylation is 1. The number of aromatic amines is 4. The molecule has 6 N–H and O–H groups in total. The highest BCUT2D eigenvalue weighted by atomic mass is 19.4. The summed E-state index contributed by atoms with van der Waals surface area (Å²) in [5.41, 5.74) is 4.62. The van der Waals surface area contributed by atoms with Gasteiger partial charge in [0.1, 0.15) is 18.1 Å². The van der Waals surface area contributed by atoms with Crippen LogP contribution < -0.4 is 11.1 Å². The minimum absolute atomic E-state index is 0.0928. The number of fused-ring (bicyclic) bond motifs is 2. The molecule has 1 amide bonds. The lowest BCUT2D eigenvalue weighted by Crippen LogP contribution is -2.46. The van der Waals surface area contributed by atoms with E-state index in [0.717, 1.165) is 28.9 Å². The molecule has 0 bridgehead atoms. The molecule has 4 aromatic carbocycles. The number of amides is 1. The van der Waals surface area contributed by atoms with Crippen LogP contribution in [0, 0.1) is 17.7 Å². The highest BCUT2D eigenvalue weighted by molar-refractivity contribution is 5.81. The van der Waals surface area contributed by atoms with E-state index in [4.69, 9.17) is 0 Å². The molecule has 19 heteroatoms. The minimum Gasteiger partial charge on any atom is -0.383 e. The number of alkyl halides is 3. The fourth-order valence-corrected chi connectivity index (χ4v) is 10.5. The van der Waals surface area contributed by atoms with Gasteiger partial charge < -0.3 is 25.1 Å². The van der Waals surface area contributed by atoms with Crippen molar-refractivity contribution in [1.82, 2.24) is 49.3 Å². The normalized spacial score (nSPS) is 18.0. The van der Waals surface area contributed by atoms with Gasteiger partial charge in [0.2, 0.25) is 11.9 Å². The summed E-state index contributed by atoms with van der Waals surface area (Å²) in [5, 5.41) is 29.7. The fourth-order valence-electron chi connectivity index (χ4n) is 10.5. The van der Waals surface area contributed by atoms with E-state index in [1.807, 2.05) is 54.3 Å². The molecule has 2 unspecified atom stereocenters. The quantitative estimate of drug-likeness (QED) is 0.0573. The maximum absolute atomic E-state index is 14.1. The predicted molar refractivity (Wildman–Crippen MR) is 259 cm³/mol. The number of para-hydroxylation sites is 4. The summed E-state index contributed by atoms with van der Waals surface area (Å²) in [6.07, 6.45) is -3.16. The Morgan fingerprint density at radius 1 is 0.761 bits per heavy atom. The van der Waals surface area contributed by atoms with Gasteiger partial charge in [0, 0.05) is 54.8 Å². The molecule has 2 fully saturated rings. The second-order valence-corrected chi connectivity index (χ2v) is 18.8. The zero-order valence-corrected chi connectivity index (χ0v) is 38.9. The van der Waals surface area contributed by atoms with Crippen LogP contribution in [0.15, 0.2) is 107 Å². The number of imidazole rings is 2. The minimum atomic E-state index is -4.54. The lowest BCUT2D eigenvalue weighted by atomic mass is 9.85. The van der Waals surface area contributed by atoms with E-state index >= 15 is 0 Å². The van der Waals surface area contributed by atoms with E-state index in [1.54, 1.807) is 23.1 Å². The predicted octanol–water partition coefficient (Wildman–Crippen LogP) is 7.37. The molecule has 71 heavy (non-hydrogen) atoms. The van der Waals surface area contributed by atoms with Gasteiger partial charge in [-0.1, -0.05) is 61.9 Å². The van der Waals surface area contributed by atoms with E-state index in [-0.39, 0.29) is 48.0 Å². The van der Waals surface area contributed by atoms with Gasteiger partial charge in [-0.2, -0.15) is 22.5 Å². The van der Waals surface area contributed by atoms with Crippen molar-refractivity contribution in [2.24, 2.45) is 11.8 Å². The second-order valence-electron chi connectivity index (χ2n) is 18.8. The smallest absolute Gasteiger partial charge is 0.383 e. The van der Waals surface area contributed by atoms with Crippen LogP contribution in [0.1, 0.15) is 72.9 Å². The zero-order chi connectivity index (χ0) is 49.6. The first kappa shape index (κ1) is 47.6. The average Bonchev–Trinajstić information content (AvgIpc) is 4.21. The third kappa shape index (κ3) is 9.60. The number of hydrogen-bond donors (Lipinski definition) is 6. The summed E-state index contributed by atoms with van der Waals surface area (Å²) in [6.45, 7) is 3.37. The molecule has 4 aromatic heterocycles. The maximum Gasteiger partial charge on any atom is 0.416 e. The molecule has 8 aromatic rings. The maximum atomic E-state index is 14.1. The zero-order valence-electron chi connectivity index (χ0n) is 38.9. The number of aromatic nitrogens is 8. The number of aliphatic hydroxyl groups excluding tert-OH is 2. The van der Waals surface area contributed by atoms with Gasteiger partial charge in [-0.25, -0.2) is 14.4 Å². The summed E-state index contributed by atoms with van der Waals surface area (Å²) in [5.74, 6) is -0.954. The van der Waals surface area contributed by atoms with Gasteiger partial charge in [0.05, 0.1) is 33.3 Å². The van der Waals surface area contributed by atoms with Crippen LogP contribution in [0.5, 0.6) is 0 Å². The number of carbonyl (C=O) groups is 1. The molecule has 2 aliphatic rings. The van der Waals surface area contributed by atoms with Crippen LogP contribution in [0.25, 0.3) is 45.2 Å². The molecular weight excluding hydrogens is 921 g/mol. The number of hydrogen-bond acceptors (Lipinski definition) is 8. The van der Waals surface area contributed by atoms with Gasteiger partial charge in [0.25, 0.3) is 17.0 Å². The molecular formula is C52H54F4N10O5. The lowest BCUT2D eigenvalue weighted by Gasteiger charge is -2.35. The summed E-state index contributed by atoms with van der Waals surface area (Å²) in [6, 6.07) is 25.6. The van der Waals surface area contributed by atoms with Crippen molar-refractivity contribution in [2.45, 2.75) is 82.7 Å². The molecule has 0 radical (unpaired) electrons. The number of likely N-dealkylation sites (tertiary alicyclic amines) is 2. The Kier molecular flexibility index (Phi) is 13.1. The van der Waals surface area contributed by atoms with Gasteiger partial charge in [0.15, 0.2) is 0 Å². The van der Waals surface area contributed by atoms with E-state index in [0.29, 0.717) is 109 Å². The van der Waals surface area contributed by atoms with Crippen molar-refractivity contribution in [1.29, 1.82) is 0 Å². The van der Waals surface area contributed by atoms with E-state index in [9.17, 15) is 42.2 Å². The van der Waals surface area contributed by atoms with Crippen LogP contribution in [-0.2, 0) is 30.2 Å². The molecule has 370 valence electrons. The summed E-state index contributed by atoms with van der Waals surface area (Å²) in [4.78, 5) is 61.3. The molecule has 0 aliphatic carbocycles.